The lowest BCUT2D eigenvalue weighted by atomic mass is 9.80. The van der Waals surface area contributed by atoms with Crippen molar-refractivity contribution in [3.63, 3.8) is 0 Å². The highest BCUT2D eigenvalue weighted by Crippen LogP contribution is 2.54. The third-order valence-electron chi connectivity index (χ3n) is 15.8. The minimum absolute atomic E-state index is 0.141. The molecular weight excluding hydrogens is 801 g/mol. The summed E-state index contributed by atoms with van der Waals surface area (Å²) in [6.45, 7) is 9.55. The fraction of sp³-hybridized carbons (Fsp3) is 0.0938. The van der Waals surface area contributed by atoms with Crippen molar-refractivity contribution in [3.8, 4) is 44.5 Å². The standard InChI is InChI=1S/C64H42O2/c1-63(2)55-17-9-5-13-39(55)51-31-47-43(35-21-23-61-53(25-35)41-15-7-11-19-59(41)65-61)27-37-30-46-38(29-45(37)49(47)33-57(51)63)28-44(36-22-24-62-54(26-36)42-16-8-12-20-60(42)66-62)48-32-52-40-14-6-10-18-56(40)64(3,4)58(52)34-50(46)48/h5-34H,1-4H3. The van der Waals surface area contributed by atoms with Crippen LogP contribution in [0.15, 0.2) is 191 Å². The van der Waals surface area contributed by atoms with Gasteiger partial charge < -0.3 is 8.83 Å². The highest BCUT2D eigenvalue weighted by molar-refractivity contribution is 6.24. The summed E-state index contributed by atoms with van der Waals surface area (Å²) in [5.41, 5.74) is 19.0. The van der Waals surface area contributed by atoms with E-state index in [4.69, 9.17) is 8.83 Å². The van der Waals surface area contributed by atoms with Crippen molar-refractivity contribution in [2.45, 2.75) is 38.5 Å². The lowest BCUT2D eigenvalue weighted by Gasteiger charge is -2.23. The molecule has 0 amide bonds. The first kappa shape index (κ1) is 36.4. The molecule has 0 atom stereocenters. The van der Waals surface area contributed by atoms with E-state index in [2.05, 4.69) is 198 Å². The van der Waals surface area contributed by atoms with Crippen LogP contribution in [-0.2, 0) is 10.8 Å². The minimum atomic E-state index is -0.141. The van der Waals surface area contributed by atoms with Gasteiger partial charge in [0.15, 0.2) is 0 Å². The Morgan fingerprint density at radius 1 is 0.258 bits per heavy atom. The van der Waals surface area contributed by atoms with Gasteiger partial charge >= 0.3 is 0 Å². The summed E-state index contributed by atoms with van der Waals surface area (Å²) in [5.74, 6) is 0. The van der Waals surface area contributed by atoms with E-state index in [1.807, 2.05) is 12.1 Å². The number of hydrogen-bond donors (Lipinski definition) is 0. The number of hydrogen-bond acceptors (Lipinski definition) is 2. The SMILES string of the molecule is CC1(C)c2ccccc2-c2cc3c(-c4ccc5oc6ccccc6c5c4)cc4cc5c(cc(-c6ccc7oc8ccccc8c7c6)c6cc7c(cc65)C(C)(C)c5ccccc5-7)cc4c3cc21. The molecule has 2 aromatic heterocycles. The van der Waals surface area contributed by atoms with E-state index in [0.717, 1.165) is 43.9 Å². The summed E-state index contributed by atoms with van der Waals surface area (Å²) < 4.78 is 12.7. The van der Waals surface area contributed by atoms with E-state index in [1.54, 1.807) is 0 Å². The molecule has 0 spiro atoms. The molecule has 2 aliphatic rings. The van der Waals surface area contributed by atoms with Gasteiger partial charge in [0.2, 0.25) is 0 Å². The summed E-state index contributed by atoms with van der Waals surface area (Å²) in [6, 6.07) is 68.2. The average Bonchev–Trinajstić information content (AvgIpc) is 4.04. The van der Waals surface area contributed by atoms with Crippen molar-refractivity contribution in [1.29, 1.82) is 0 Å². The fourth-order valence-corrected chi connectivity index (χ4v) is 12.5. The monoisotopic (exact) mass is 842 g/mol. The van der Waals surface area contributed by atoms with Crippen molar-refractivity contribution in [3.05, 3.63) is 204 Å². The molecule has 66 heavy (non-hydrogen) atoms. The summed E-state index contributed by atoms with van der Waals surface area (Å²) in [5, 5.41) is 14.6. The molecule has 0 saturated carbocycles. The van der Waals surface area contributed by atoms with Crippen LogP contribution < -0.4 is 0 Å². The Morgan fingerprint density at radius 2 is 0.667 bits per heavy atom. The molecule has 0 radical (unpaired) electrons. The Balaban J connectivity index is 1.07. The van der Waals surface area contributed by atoms with Gasteiger partial charge in [-0.2, -0.15) is 0 Å². The molecule has 0 saturated heterocycles. The van der Waals surface area contributed by atoms with Crippen molar-refractivity contribution in [1.82, 2.24) is 0 Å². The second kappa shape index (κ2) is 12.4. The predicted octanol–water partition coefficient (Wildman–Crippen LogP) is 18.0. The molecule has 13 aromatic rings. The molecule has 0 bridgehead atoms. The zero-order valence-electron chi connectivity index (χ0n) is 37.1. The van der Waals surface area contributed by atoms with E-state index in [9.17, 15) is 0 Å². The third-order valence-corrected chi connectivity index (χ3v) is 15.8. The average molecular weight is 843 g/mol. The van der Waals surface area contributed by atoms with E-state index >= 15 is 0 Å². The Morgan fingerprint density at radius 3 is 1.14 bits per heavy atom. The van der Waals surface area contributed by atoms with Crippen molar-refractivity contribution < 1.29 is 8.83 Å². The van der Waals surface area contributed by atoms with Gasteiger partial charge in [0.25, 0.3) is 0 Å². The maximum atomic E-state index is 6.35. The Hall–Kier alpha value is -7.94. The van der Waals surface area contributed by atoms with Crippen LogP contribution in [0.1, 0.15) is 49.9 Å². The van der Waals surface area contributed by atoms with Gasteiger partial charge in [0.05, 0.1) is 0 Å². The topological polar surface area (TPSA) is 26.3 Å². The number of fused-ring (bicyclic) bond motifs is 18. The first-order valence-corrected chi connectivity index (χ1v) is 23.2. The van der Waals surface area contributed by atoms with Crippen LogP contribution in [-0.4, -0.2) is 0 Å². The maximum absolute atomic E-state index is 6.35. The lowest BCUT2D eigenvalue weighted by molar-refractivity contribution is 0.661. The summed E-state index contributed by atoms with van der Waals surface area (Å²) >= 11 is 0. The molecule has 310 valence electrons. The van der Waals surface area contributed by atoms with Gasteiger partial charge in [-0.25, -0.2) is 0 Å². The van der Waals surface area contributed by atoms with Gasteiger partial charge in [0.1, 0.15) is 22.3 Å². The molecule has 0 aliphatic heterocycles. The van der Waals surface area contributed by atoms with Gasteiger partial charge in [0, 0.05) is 32.4 Å². The maximum Gasteiger partial charge on any atom is 0.135 e. The Kier molecular flexibility index (Phi) is 6.86. The number of para-hydroxylation sites is 2. The largest absolute Gasteiger partial charge is 0.456 e. The van der Waals surface area contributed by atoms with Crippen molar-refractivity contribution in [2.24, 2.45) is 0 Å². The van der Waals surface area contributed by atoms with Crippen LogP contribution in [0, 0.1) is 0 Å². The van der Waals surface area contributed by atoms with Crippen LogP contribution in [0.4, 0.5) is 0 Å². The molecule has 2 aliphatic carbocycles. The highest BCUT2D eigenvalue weighted by Gasteiger charge is 2.37. The zero-order chi connectivity index (χ0) is 43.8. The van der Waals surface area contributed by atoms with Crippen LogP contribution >= 0.6 is 0 Å². The van der Waals surface area contributed by atoms with Crippen molar-refractivity contribution >= 4 is 87.0 Å². The number of benzene rings is 11. The Bertz CT molecular complexity index is 4060. The normalized spacial score (nSPS) is 14.6. The highest BCUT2D eigenvalue weighted by atomic mass is 16.3. The molecule has 0 unspecified atom stereocenters. The molecule has 2 nitrogen and oxygen atoms in total. The molecule has 11 aromatic carbocycles. The molecule has 2 heteroatoms. The van der Waals surface area contributed by atoms with Crippen LogP contribution in [0.25, 0.3) is 131 Å². The summed E-state index contributed by atoms with van der Waals surface area (Å²) in [6.07, 6.45) is 0. The second-order valence-electron chi connectivity index (χ2n) is 20.0. The first-order chi connectivity index (χ1) is 32.2. The quantitative estimate of drug-likeness (QED) is 0.128. The van der Waals surface area contributed by atoms with Crippen LogP contribution in [0.5, 0.6) is 0 Å². The molecular formula is C64H42O2. The van der Waals surface area contributed by atoms with Gasteiger partial charge in [-0.1, -0.05) is 125 Å². The second-order valence-corrected chi connectivity index (χ2v) is 20.0. The van der Waals surface area contributed by atoms with E-state index in [-0.39, 0.29) is 10.8 Å². The van der Waals surface area contributed by atoms with Gasteiger partial charge in [-0.15, -0.1) is 0 Å². The third kappa shape index (κ3) is 4.70. The molecule has 2 heterocycles. The van der Waals surface area contributed by atoms with Crippen LogP contribution in [0.3, 0.4) is 0 Å². The first-order valence-electron chi connectivity index (χ1n) is 23.2. The molecule has 15 rings (SSSR count). The fourth-order valence-electron chi connectivity index (χ4n) is 12.5. The predicted molar refractivity (Wildman–Crippen MR) is 277 cm³/mol. The minimum Gasteiger partial charge on any atom is -0.456 e. The summed E-state index contributed by atoms with van der Waals surface area (Å²) in [7, 11) is 0. The van der Waals surface area contributed by atoms with Gasteiger partial charge in [-0.3, -0.25) is 0 Å². The lowest BCUT2D eigenvalue weighted by Crippen LogP contribution is -2.14. The smallest absolute Gasteiger partial charge is 0.135 e. The molecule has 0 N–H and O–H groups in total. The number of rotatable bonds is 2. The van der Waals surface area contributed by atoms with E-state index in [0.29, 0.717) is 0 Å². The van der Waals surface area contributed by atoms with Crippen molar-refractivity contribution in [2.75, 3.05) is 0 Å². The Labute approximate surface area is 381 Å². The van der Waals surface area contributed by atoms with Gasteiger partial charge in [-0.05, 0) is 195 Å². The summed E-state index contributed by atoms with van der Waals surface area (Å²) in [4.78, 5) is 0. The van der Waals surface area contributed by atoms with Crippen LogP contribution in [0.2, 0.25) is 0 Å². The number of furan rings is 2. The van der Waals surface area contributed by atoms with E-state index < -0.39 is 0 Å². The van der Waals surface area contributed by atoms with E-state index in [1.165, 1.54) is 110 Å². The zero-order valence-corrected chi connectivity index (χ0v) is 37.1. The molecule has 0 fully saturated rings.